The molecule has 0 saturated heterocycles. The van der Waals surface area contributed by atoms with Crippen LogP contribution in [0.15, 0.2) is 60.7 Å². The Hall–Kier alpha value is -2.53. The fraction of sp³-hybridized carbons (Fsp3) is 0.211. The van der Waals surface area contributed by atoms with Gasteiger partial charge in [-0.25, -0.2) is 0 Å². The standard InChI is InChI=1S/C19H17NO/c21-18(19(13-14-19)17-11-5-2-6-12-17)20-15-7-10-16-8-3-1-4-9-16/h1-6,8-9,11-12H,13-15H2,(H,20,21). The molecule has 1 amide bonds. The topological polar surface area (TPSA) is 29.1 Å². The van der Waals surface area contributed by atoms with E-state index in [2.05, 4.69) is 17.2 Å². The van der Waals surface area contributed by atoms with Gasteiger partial charge in [0.05, 0.1) is 12.0 Å². The van der Waals surface area contributed by atoms with Crippen LogP contribution in [0.4, 0.5) is 0 Å². The van der Waals surface area contributed by atoms with Gasteiger partial charge in [-0.2, -0.15) is 0 Å². The van der Waals surface area contributed by atoms with E-state index in [4.69, 9.17) is 0 Å². The SMILES string of the molecule is O=C(NCC#Cc1ccccc1)C1(c2ccccc2)CC1. The lowest BCUT2D eigenvalue weighted by Gasteiger charge is -2.14. The lowest BCUT2D eigenvalue weighted by atomic mass is 9.95. The van der Waals surface area contributed by atoms with Crippen LogP contribution in [0, 0.1) is 11.8 Å². The maximum absolute atomic E-state index is 12.4. The number of carbonyl (C=O) groups is 1. The molecule has 1 saturated carbocycles. The van der Waals surface area contributed by atoms with Crippen molar-refractivity contribution in [2.45, 2.75) is 18.3 Å². The molecule has 3 rings (SSSR count). The van der Waals surface area contributed by atoms with Gasteiger partial charge in [0, 0.05) is 5.56 Å². The van der Waals surface area contributed by atoms with Crippen LogP contribution in [0.5, 0.6) is 0 Å². The van der Waals surface area contributed by atoms with Gasteiger partial charge in [0.2, 0.25) is 5.91 Å². The molecule has 0 aromatic heterocycles. The first-order valence-corrected chi connectivity index (χ1v) is 7.19. The second-order valence-electron chi connectivity index (χ2n) is 5.30. The molecule has 104 valence electrons. The summed E-state index contributed by atoms with van der Waals surface area (Å²) in [7, 11) is 0. The van der Waals surface area contributed by atoms with E-state index in [-0.39, 0.29) is 11.3 Å². The van der Waals surface area contributed by atoms with Crippen LogP contribution < -0.4 is 5.32 Å². The molecule has 2 aromatic rings. The Morgan fingerprint density at radius 2 is 1.62 bits per heavy atom. The first-order valence-electron chi connectivity index (χ1n) is 7.19. The second kappa shape index (κ2) is 5.85. The molecule has 0 bridgehead atoms. The summed E-state index contributed by atoms with van der Waals surface area (Å²) in [5, 5.41) is 2.94. The number of hydrogen-bond acceptors (Lipinski definition) is 1. The summed E-state index contributed by atoms with van der Waals surface area (Å²) in [6, 6.07) is 19.8. The van der Waals surface area contributed by atoms with Gasteiger partial charge in [-0.1, -0.05) is 60.4 Å². The van der Waals surface area contributed by atoms with E-state index in [0.29, 0.717) is 6.54 Å². The van der Waals surface area contributed by atoms with Crippen LogP contribution in [0.2, 0.25) is 0 Å². The van der Waals surface area contributed by atoms with Crippen LogP contribution in [0.1, 0.15) is 24.0 Å². The van der Waals surface area contributed by atoms with Crippen molar-refractivity contribution in [1.29, 1.82) is 0 Å². The molecule has 0 unspecified atom stereocenters. The van der Waals surface area contributed by atoms with Crippen molar-refractivity contribution >= 4 is 5.91 Å². The highest BCUT2D eigenvalue weighted by Gasteiger charge is 2.50. The van der Waals surface area contributed by atoms with Gasteiger partial charge in [-0.15, -0.1) is 0 Å². The highest BCUT2D eigenvalue weighted by molar-refractivity contribution is 5.91. The molecular formula is C19H17NO. The summed E-state index contributed by atoms with van der Waals surface area (Å²) in [6.45, 7) is 0.391. The predicted molar refractivity (Wildman–Crippen MR) is 83.7 cm³/mol. The molecule has 0 aliphatic heterocycles. The van der Waals surface area contributed by atoms with E-state index in [1.807, 2.05) is 60.7 Å². The van der Waals surface area contributed by atoms with Crippen molar-refractivity contribution in [2.24, 2.45) is 0 Å². The molecule has 2 heteroatoms. The molecular weight excluding hydrogens is 258 g/mol. The lowest BCUT2D eigenvalue weighted by molar-refractivity contribution is -0.123. The van der Waals surface area contributed by atoms with Gasteiger partial charge >= 0.3 is 0 Å². The Morgan fingerprint density at radius 3 is 2.24 bits per heavy atom. The molecule has 0 atom stereocenters. The van der Waals surface area contributed by atoms with Crippen molar-refractivity contribution in [3.05, 3.63) is 71.8 Å². The zero-order valence-electron chi connectivity index (χ0n) is 11.8. The van der Waals surface area contributed by atoms with Crippen molar-refractivity contribution in [1.82, 2.24) is 5.32 Å². The van der Waals surface area contributed by atoms with Crippen molar-refractivity contribution < 1.29 is 4.79 Å². The summed E-state index contributed by atoms with van der Waals surface area (Å²) >= 11 is 0. The van der Waals surface area contributed by atoms with Crippen molar-refractivity contribution in [3.8, 4) is 11.8 Å². The second-order valence-corrected chi connectivity index (χ2v) is 5.30. The number of nitrogens with one attached hydrogen (secondary N) is 1. The van der Waals surface area contributed by atoms with Crippen LogP contribution in [-0.4, -0.2) is 12.5 Å². The molecule has 2 nitrogen and oxygen atoms in total. The Morgan fingerprint density at radius 1 is 1.00 bits per heavy atom. The van der Waals surface area contributed by atoms with Crippen molar-refractivity contribution in [2.75, 3.05) is 6.54 Å². The first-order chi connectivity index (χ1) is 10.3. The third-order valence-corrected chi connectivity index (χ3v) is 3.85. The van der Waals surface area contributed by atoms with E-state index in [9.17, 15) is 4.79 Å². The normalized spacial score (nSPS) is 14.7. The lowest BCUT2D eigenvalue weighted by Crippen LogP contribution is -2.34. The monoisotopic (exact) mass is 275 g/mol. The van der Waals surface area contributed by atoms with Crippen LogP contribution >= 0.6 is 0 Å². The maximum Gasteiger partial charge on any atom is 0.231 e. The summed E-state index contributed by atoms with van der Waals surface area (Å²) in [5.74, 6) is 6.14. The van der Waals surface area contributed by atoms with E-state index >= 15 is 0 Å². The summed E-state index contributed by atoms with van der Waals surface area (Å²) < 4.78 is 0. The summed E-state index contributed by atoms with van der Waals surface area (Å²) in [6.07, 6.45) is 1.85. The van der Waals surface area contributed by atoms with Gasteiger partial charge in [0.25, 0.3) is 0 Å². The quantitative estimate of drug-likeness (QED) is 0.857. The molecule has 0 heterocycles. The number of hydrogen-bond donors (Lipinski definition) is 1. The highest BCUT2D eigenvalue weighted by atomic mass is 16.2. The zero-order valence-corrected chi connectivity index (χ0v) is 11.8. The fourth-order valence-corrected chi connectivity index (χ4v) is 2.49. The number of amides is 1. The van der Waals surface area contributed by atoms with Gasteiger partial charge in [0.1, 0.15) is 0 Å². The minimum atomic E-state index is -0.310. The van der Waals surface area contributed by atoms with Gasteiger partial charge in [-0.3, -0.25) is 4.79 Å². The van der Waals surface area contributed by atoms with Crippen LogP contribution in [0.3, 0.4) is 0 Å². The molecule has 21 heavy (non-hydrogen) atoms. The molecule has 1 N–H and O–H groups in total. The number of carbonyl (C=O) groups excluding carboxylic acids is 1. The van der Waals surface area contributed by atoms with Crippen LogP contribution in [-0.2, 0) is 10.2 Å². The van der Waals surface area contributed by atoms with E-state index < -0.39 is 0 Å². The summed E-state index contributed by atoms with van der Waals surface area (Å²) in [4.78, 5) is 12.4. The minimum Gasteiger partial charge on any atom is -0.344 e. The molecule has 0 radical (unpaired) electrons. The zero-order chi connectivity index (χ0) is 14.5. The smallest absolute Gasteiger partial charge is 0.231 e. The van der Waals surface area contributed by atoms with Gasteiger partial charge in [-0.05, 0) is 30.5 Å². The number of rotatable bonds is 3. The van der Waals surface area contributed by atoms with Crippen LogP contribution in [0.25, 0.3) is 0 Å². The Balaban J connectivity index is 1.60. The largest absolute Gasteiger partial charge is 0.344 e. The molecule has 0 spiro atoms. The number of benzene rings is 2. The van der Waals surface area contributed by atoms with Gasteiger partial charge in [0.15, 0.2) is 0 Å². The fourth-order valence-electron chi connectivity index (χ4n) is 2.49. The Labute approximate surface area is 125 Å². The van der Waals surface area contributed by atoms with E-state index in [1.165, 1.54) is 0 Å². The maximum atomic E-state index is 12.4. The molecule has 2 aromatic carbocycles. The van der Waals surface area contributed by atoms with Crippen molar-refractivity contribution in [3.63, 3.8) is 0 Å². The Bertz CT molecular complexity index is 676. The minimum absolute atomic E-state index is 0.0936. The summed E-state index contributed by atoms with van der Waals surface area (Å²) in [5.41, 5.74) is 1.77. The Kier molecular flexibility index (Phi) is 3.75. The molecule has 1 aliphatic carbocycles. The average Bonchev–Trinajstić information content (AvgIpc) is 3.35. The van der Waals surface area contributed by atoms with E-state index in [0.717, 1.165) is 24.0 Å². The highest BCUT2D eigenvalue weighted by Crippen LogP contribution is 2.48. The van der Waals surface area contributed by atoms with Gasteiger partial charge < -0.3 is 5.32 Å². The molecule has 1 aliphatic rings. The average molecular weight is 275 g/mol. The third-order valence-electron chi connectivity index (χ3n) is 3.85. The molecule has 1 fully saturated rings. The first kappa shape index (κ1) is 13.5. The third kappa shape index (κ3) is 2.98. The van der Waals surface area contributed by atoms with E-state index in [1.54, 1.807) is 0 Å². The predicted octanol–water partition coefficient (Wildman–Crippen LogP) is 2.89.